The Morgan fingerprint density at radius 3 is 2.30 bits per heavy atom. The molecule has 1 aliphatic heterocycles. The molecule has 0 aliphatic carbocycles. The summed E-state index contributed by atoms with van der Waals surface area (Å²) in [5.41, 5.74) is 1.39. The van der Waals surface area contributed by atoms with Crippen molar-refractivity contribution < 1.29 is 13.2 Å². The summed E-state index contributed by atoms with van der Waals surface area (Å²) in [5, 5.41) is 2.69. The fraction of sp³-hybridized carbons (Fsp3) is 0.458. The van der Waals surface area contributed by atoms with Crippen molar-refractivity contribution in [2.45, 2.75) is 35.8 Å². The smallest absolute Gasteiger partial charge is 0.243 e. The third-order valence-electron chi connectivity index (χ3n) is 5.84. The van der Waals surface area contributed by atoms with Gasteiger partial charge in [0.1, 0.15) is 0 Å². The van der Waals surface area contributed by atoms with Gasteiger partial charge in [-0.3, -0.25) is 4.79 Å². The highest BCUT2D eigenvalue weighted by molar-refractivity contribution is 8.00. The number of carbonyl (C=O) groups is 1. The van der Waals surface area contributed by atoms with Gasteiger partial charge in [-0.15, -0.1) is 11.8 Å². The van der Waals surface area contributed by atoms with E-state index in [-0.39, 0.29) is 16.1 Å². The first kappa shape index (κ1) is 25.6. The zero-order valence-electron chi connectivity index (χ0n) is 19.8. The van der Waals surface area contributed by atoms with E-state index in [2.05, 4.69) is 22.2 Å². The van der Waals surface area contributed by atoms with Crippen LogP contribution >= 0.6 is 11.8 Å². The second kappa shape index (κ2) is 11.4. The number of nitrogens with one attached hydrogen (secondary N) is 1. The molecule has 1 aliphatic rings. The molecule has 0 radical (unpaired) electrons. The number of anilines is 2. The first-order valence-electron chi connectivity index (χ1n) is 11.4. The van der Waals surface area contributed by atoms with Gasteiger partial charge in [-0.05, 0) is 44.3 Å². The maximum Gasteiger partial charge on any atom is 0.243 e. The lowest BCUT2D eigenvalue weighted by atomic mass is 10.2. The molecule has 0 spiro atoms. The molecule has 7 nitrogen and oxygen atoms in total. The van der Waals surface area contributed by atoms with Gasteiger partial charge >= 0.3 is 0 Å². The van der Waals surface area contributed by atoms with Gasteiger partial charge < -0.3 is 15.1 Å². The van der Waals surface area contributed by atoms with Crippen LogP contribution in [0.4, 0.5) is 11.4 Å². The largest absolute Gasteiger partial charge is 0.367 e. The lowest BCUT2D eigenvalue weighted by molar-refractivity contribution is -0.115. The molecule has 0 saturated carbocycles. The molecule has 2 aromatic rings. The maximum atomic E-state index is 13.1. The Labute approximate surface area is 202 Å². The van der Waals surface area contributed by atoms with Crippen molar-refractivity contribution in [3.63, 3.8) is 0 Å². The van der Waals surface area contributed by atoms with Crippen LogP contribution in [0, 0.1) is 0 Å². The molecule has 33 heavy (non-hydrogen) atoms. The summed E-state index contributed by atoms with van der Waals surface area (Å²) in [7, 11) is -1.55. The minimum Gasteiger partial charge on any atom is -0.367 e. The van der Waals surface area contributed by atoms with Crippen molar-refractivity contribution in [3.05, 3.63) is 48.5 Å². The monoisotopic (exact) mass is 490 g/mol. The van der Waals surface area contributed by atoms with Crippen LogP contribution in [0.15, 0.2) is 58.3 Å². The molecule has 2 aromatic carbocycles. The summed E-state index contributed by atoms with van der Waals surface area (Å²) in [6.07, 6.45) is 0. The Hall–Kier alpha value is -2.07. The first-order valence-corrected chi connectivity index (χ1v) is 13.7. The van der Waals surface area contributed by atoms with Crippen LogP contribution in [0.2, 0.25) is 0 Å². The number of nitrogens with zero attached hydrogens (tertiary/aromatic N) is 3. The Balaban J connectivity index is 1.90. The van der Waals surface area contributed by atoms with E-state index in [1.54, 1.807) is 12.1 Å². The number of carbonyl (C=O) groups excluding carboxylic acids is 1. The van der Waals surface area contributed by atoms with E-state index in [9.17, 15) is 13.2 Å². The fourth-order valence-corrected chi connectivity index (χ4v) is 6.18. The Bertz CT molecular complexity index is 1030. The van der Waals surface area contributed by atoms with E-state index in [0.717, 1.165) is 36.8 Å². The van der Waals surface area contributed by atoms with Gasteiger partial charge in [0, 0.05) is 44.2 Å². The van der Waals surface area contributed by atoms with Crippen molar-refractivity contribution in [2.24, 2.45) is 0 Å². The lowest BCUT2D eigenvalue weighted by Gasteiger charge is -2.35. The molecule has 180 valence electrons. The molecular formula is C24H34N4O3S2. The summed E-state index contributed by atoms with van der Waals surface area (Å²) >= 11 is 1.48. The van der Waals surface area contributed by atoms with Gasteiger partial charge in [-0.1, -0.05) is 32.0 Å². The highest BCUT2D eigenvalue weighted by Gasteiger charge is 2.26. The number of hydrogen-bond donors (Lipinski definition) is 1. The Kier molecular flexibility index (Phi) is 8.81. The molecule has 0 bridgehead atoms. The van der Waals surface area contributed by atoms with E-state index in [1.807, 2.05) is 57.2 Å². The maximum absolute atomic E-state index is 13.1. The average molecular weight is 491 g/mol. The van der Waals surface area contributed by atoms with E-state index in [1.165, 1.54) is 16.1 Å². The second-order valence-corrected chi connectivity index (χ2v) is 11.5. The Morgan fingerprint density at radius 1 is 1.06 bits per heavy atom. The SMILES string of the molecule is CCN(CC)S(=O)(=O)c1ccc(N2CCN(C)CC2)c(NC(=O)[C@H](C)Sc2ccccc2)c1. The highest BCUT2D eigenvalue weighted by atomic mass is 32.2. The predicted molar refractivity (Wildman–Crippen MR) is 137 cm³/mol. The first-order chi connectivity index (χ1) is 15.8. The summed E-state index contributed by atoms with van der Waals surface area (Å²) in [4.78, 5) is 18.8. The standard InChI is InChI=1S/C24H34N4O3S2/c1-5-28(6-2)33(30,31)21-12-13-23(27-16-14-26(4)15-17-27)22(18-21)25-24(29)19(3)32-20-10-8-7-9-11-20/h7-13,18-19H,5-6,14-17H2,1-4H3,(H,25,29)/t19-/m0/s1. The number of amides is 1. The molecule has 1 saturated heterocycles. The molecular weight excluding hydrogens is 456 g/mol. The lowest BCUT2D eigenvalue weighted by Crippen LogP contribution is -2.44. The molecule has 1 heterocycles. The molecule has 1 amide bonds. The van der Waals surface area contributed by atoms with Crippen molar-refractivity contribution in [3.8, 4) is 0 Å². The topological polar surface area (TPSA) is 73.0 Å². The molecule has 1 fully saturated rings. The molecule has 0 aromatic heterocycles. The van der Waals surface area contributed by atoms with Crippen molar-refractivity contribution in [1.29, 1.82) is 0 Å². The minimum atomic E-state index is -3.63. The van der Waals surface area contributed by atoms with Crippen LogP contribution in [-0.2, 0) is 14.8 Å². The van der Waals surface area contributed by atoms with E-state index < -0.39 is 10.0 Å². The van der Waals surface area contributed by atoms with Gasteiger partial charge in [0.25, 0.3) is 0 Å². The number of rotatable bonds is 9. The third-order valence-corrected chi connectivity index (χ3v) is 9.00. The highest BCUT2D eigenvalue weighted by Crippen LogP contribution is 2.32. The van der Waals surface area contributed by atoms with Gasteiger partial charge in [0.15, 0.2) is 0 Å². The molecule has 0 unspecified atom stereocenters. The van der Waals surface area contributed by atoms with E-state index >= 15 is 0 Å². The summed E-state index contributed by atoms with van der Waals surface area (Å²) in [5.74, 6) is -0.156. The molecule has 1 N–H and O–H groups in total. The molecule has 3 rings (SSSR count). The summed E-state index contributed by atoms with van der Waals surface area (Å²) in [6, 6.07) is 14.9. The van der Waals surface area contributed by atoms with Crippen LogP contribution in [0.1, 0.15) is 20.8 Å². The number of thioether (sulfide) groups is 1. The molecule has 1 atom stereocenters. The van der Waals surface area contributed by atoms with Crippen molar-refractivity contribution in [1.82, 2.24) is 9.21 Å². The zero-order valence-corrected chi connectivity index (χ0v) is 21.5. The normalized spacial score (nSPS) is 16.1. The summed E-state index contributed by atoms with van der Waals surface area (Å²) in [6.45, 7) is 9.75. The van der Waals surface area contributed by atoms with Gasteiger partial charge in [0.05, 0.1) is 21.5 Å². The number of piperazine rings is 1. The van der Waals surface area contributed by atoms with Crippen LogP contribution < -0.4 is 10.2 Å². The minimum absolute atomic E-state index is 0.156. The Morgan fingerprint density at radius 2 is 1.70 bits per heavy atom. The third kappa shape index (κ3) is 6.29. The number of hydrogen-bond acceptors (Lipinski definition) is 6. The van der Waals surface area contributed by atoms with E-state index in [0.29, 0.717) is 18.8 Å². The second-order valence-electron chi connectivity index (χ2n) is 8.12. The van der Waals surface area contributed by atoms with Gasteiger partial charge in [0.2, 0.25) is 15.9 Å². The van der Waals surface area contributed by atoms with Gasteiger partial charge in [-0.25, -0.2) is 8.42 Å². The van der Waals surface area contributed by atoms with Crippen LogP contribution in [0.5, 0.6) is 0 Å². The average Bonchev–Trinajstić information content (AvgIpc) is 2.81. The van der Waals surface area contributed by atoms with Crippen molar-refractivity contribution >= 4 is 39.1 Å². The quantitative estimate of drug-likeness (QED) is 0.542. The molecule has 9 heteroatoms. The summed E-state index contributed by atoms with van der Waals surface area (Å²) < 4.78 is 27.7. The fourth-order valence-electron chi connectivity index (χ4n) is 3.80. The predicted octanol–water partition coefficient (Wildman–Crippen LogP) is 3.59. The number of sulfonamides is 1. The van der Waals surface area contributed by atoms with Gasteiger partial charge in [-0.2, -0.15) is 4.31 Å². The van der Waals surface area contributed by atoms with Crippen molar-refractivity contribution in [2.75, 3.05) is 56.5 Å². The van der Waals surface area contributed by atoms with Crippen LogP contribution in [-0.4, -0.2) is 75.1 Å². The van der Waals surface area contributed by atoms with Crippen LogP contribution in [0.3, 0.4) is 0 Å². The zero-order chi connectivity index (χ0) is 24.0. The van der Waals surface area contributed by atoms with E-state index in [4.69, 9.17) is 0 Å². The number of likely N-dealkylation sites (N-methyl/N-ethyl adjacent to an activating group) is 1. The number of benzene rings is 2. The van der Waals surface area contributed by atoms with Crippen LogP contribution in [0.25, 0.3) is 0 Å².